The van der Waals surface area contributed by atoms with Gasteiger partial charge < -0.3 is 59.6 Å². The van der Waals surface area contributed by atoms with Gasteiger partial charge in [0.25, 0.3) is 5.91 Å². The average molecular weight is 969 g/mol. The number of fused-ring (bicyclic) bond motifs is 1. The van der Waals surface area contributed by atoms with Crippen molar-refractivity contribution in [2.24, 2.45) is 40.5 Å². The molecule has 0 radical (unpaired) electrons. The molecule has 1 aromatic carbocycles. The quantitative estimate of drug-likeness (QED) is 0.0120. The number of aliphatic hydroxyl groups is 2. The molecule has 3 aliphatic heterocycles. The van der Waals surface area contributed by atoms with Crippen molar-refractivity contribution < 1.29 is 63.3 Å². The van der Waals surface area contributed by atoms with Crippen molar-refractivity contribution in [2.75, 3.05) is 37.4 Å². The summed E-state index contributed by atoms with van der Waals surface area (Å²) in [5.41, 5.74) is -2.20. The molecule has 0 bridgehead atoms. The number of allylic oxidation sites excluding steroid dienone is 2. The van der Waals surface area contributed by atoms with Crippen molar-refractivity contribution in [3.8, 4) is 5.75 Å². The van der Waals surface area contributed by atoms with E-state index in [0.717, 1.165) is 19.6 Å². The van der Waals surface area contributed by atoms with Gasteiger partial charge in [-0.05, 0) is 53.0 Å². The van der Waals surface area contributed by atoms with E-state index in [9.17, 15) is 39.6 Å². The van der Waals surface area contributed by atoms with Crippen molar-refractivity contribution in [2.45, 2.75) is 163 Å². The molecule has 6 N–H and O–H groups in total. The molecule has 0 aromatic heterocycles. The molecule has 386 valence electrons. The third-order valence-electron chi connectivity index (χ3n) is 13.3. The van der Waals surface area contributed by atoms with Gasteiger partial charge in [-0.15, -0.1) is 0 Å². The average Bonchev–Trinajstić information content (AvgIpc) is 3.62. The van der Waals surface area contributed by atoms with Crippen molar-refractivity contribution in [1.82, 2.24) is 4.90 Å². The van der Waals surface area contributed by atoms with Crippen LogP contribution in [0.3, 0.4) is 0 Å². The number of rotatable bonds is 21. The molecule has 3 aliphatic rings. The number of anilines is 2. The fourth-order valence-electron chi connectivity index (χ4n) is 9.53. The number of phenolic OH excluding ortho intramolecular Hbond substituents is 1. The fourth-order valence-corrected chi connectivity index (χ4v) is 9.53. The Hall–Kier alpha value is -4.65. The summed E-state index contributed by atoms with van der Waals surface area (Å²) in [4.78, 5) is 60.5. The maximum absolute atomic E-state index is 14.0. The highest BCUT2D eigenvalue weighted by Gasteiger charge is 2.49. The first-order valence-corrected chi connectivity index (χ1v) is 24.2. The van der Waals surface area contributed by atoms with Gasteiger partial charge in [0.1, 0.15) is 23.1 Å². The molecule has 1 amide bonds. The SMILES string of the molecule is C=c1c(C(=O)C(C)(C)O)c(O)c(NC(=O)/C(C)=C\C=C\[C@H](C)[C@@H]2OC(C)(C)O[C@@H]([C@@H](C)[C@H](OC(=O)C(CC)C(=O)O)[C@H](C)[C@H](/C=C/OC(C)(C)O)OC)[C@@H]2C)c2c1=NC1(CCN(CC(C)C)CC1)N2. The summed E-state index contributed by atoms with van der Waals surface area (Å²) in [6.45, 7) is 31.0. The summed E-state index contributed by atoms with van der Waals surface area (Å²) in [7, 11) is 1.49. The van der Waals surface area contributed by atoms with Crippen LogP contribution in [-0.2, 0) is 38.1 Å². The smallest absolute Gasteiger partial charge is 0.320 e. The number of aliphatic carboxylic acids is 1. The summed E-state index contributed by atoms with van der Waals surface area (Å²) in [6, 6.07) is 0. The predicted octanol–water partition coefficient (Wildman–Crippen LogP) is 6.05. The summed E-state index contributed by atoms with van der Waals surface area (Å²) < 4.78 is 30.4. The Kier molecular flexibility index (Phi) is 18.7. The number of Topliss-reactive ketones (excluding diaryl/α,β-unsaturated/α-hetero) is 1. The van der Waals surface area contributed by atoms with Gasteiger partial charge >= 0.3 is 11.9 Å². The number of hydrogen-bond acceptors (Lipinski definition) is 15. The lowest BCUT2D eigenvalue weighted by Gasteiger charge is -2.50. The van der Waals surface area contributed by atoms with E-state index >= 15 is 0 Å². The molecule has 1 aromatic rings. The molecule has 69 heavy (non-hydrogen) atoms. The van der Waals surface area contributed by atoms with Crippen LogP contribution in [0.15, 0.2) is 41.1 Å². The number of carboxylic acids is 1. The standard InChI is InChI=1S/C52H80N4O13/c1-17-35(47(60)61)48(62)67-43(31(6)36(65-16)21-26-66-50(12,13)64)34(9)44-33(8)42(68-51(14,15)69-44)29(4)19-18-20-30(5)46(59)53-40-39-38(32(7)37(41(40)57)45(58)49(10,11)63)54-52(55-39)22-24-56(25-23-52)27-28(2)3/h18-21,26,28-29,31,33-36,42-44,55,57,63-64H,7,17,22-25,27H2,1-6,8-16H3,(H,53,59)(H,60,61)/b19-18+,26-21+,30-20-/t29-,31+,33+,34-,35?,36-,42-,43+,44+/m0/s1. The molecule has 3 heterocycles. The van der Waals surface area contributed by atoms with Gasteiger partial charge in [-0.2, -0.15) is 0 Å². The van der Waals surface area contributed by atoms with E-state index in [2.05, 4.69) is 36.0 Å². The summed E-state index contributed by atoms with van der Waals surface area (Å²) in [5, 5.41) is 49.2. The highest BCUT2D eigenvalue weighted by molar-refractivity contribution is 6.11. The van der Waals surface area contributed by atoms with Crippen LogP contribution in [0.4, 0.5) is 11.4 Å². The van der Waals surface area contributed by atoms with Crippen molar-refractivity contribution in [3.05, 3.63) is 52.3 Å². The second-order valence-corrected chi connectivity index (χ2v) is 21.1. The molecule has 1 spiro atoms. The van der Waals surface area contributed by atoms with Crippen LogP contribution in [0.5, 0.6) is 5.75 Å². The highest BCUT2D eigenvalue weighted by Crippen LogP contribution is 2.42. The highest BCUT2D eigenvalue weighted by atomic mass is 16.7. The number of nitrogens with one attached hydrogen (secondary N) is 2. The van der Waals surface area contributed by atoms with E-state index in [1.807, 2.05) is 33.8 Å². The first-order chi connectivity index (χ1) is 31.9. The zero-order chi connectivity index (χ0) is 52.1. The van der Waals surface area contributed by atoms with Crippen molar-refractivity contribution in [1.29, 1.82) is 0 Å². The number of esters is 1. The van der Waals surface area contributed by atoms with Gasteiger partial charge in [0.05, 0.1) is 41.2 Å². The number of benzene rings is 1. The molecule has 9 atom stereocenters. The van der Waals surface area contributed by atoms with E-state index in [-0.39, 0.29) is 40.3 Å². The lowest BCUT2D eigenvalue weighted by Crippen LogP contribution is -2.57. The normalized spacial score (nSPS) is 23.4. The van der Waals surface area contributed by atoms with E-state index in [4.69, 9.17) is 28.7 Å². The molecule has 17 nitrogen and oxygen atoms in total. The maximum Gasteiger partial charge on any atom is 0.320 e. The summed E-state index contributed by atoms with van der Waals surface area (Å²) in [5.74, 6) is -9.09. The Labute approximate surface area is 408 Å². The van der Waals surface area contributed by atoms with E-state index in [1.165, 1.54) is 41.1 Å². The predicted molar refractivity (Wildman–Crippen MR) is 263 cm³/mol. The van der Waals surface area contributed by atoms with Crippen LogP contribution < -0.4 is 21.2 Å². The minimum absolute atomic E-state index is 0.0282. The number of ketones is 1. The van der Waals surface area contributed by atoms with Gasteiger partial charge in [0.15, 0.2) is 23.2 Å². The molecule has 2 fully saturated rings. The van der Waals surface area contributed by atoms with E-state index in [0.29, 0.717) is 29.8 Å². The molecular formula is C52H80N4O13. The topological polar surface area (TPSA) is 235 Å². The van der Waals surface area contributed by atoms with Crippen LogP contribution in [0.2, 0.25) is 0 Å². The van der Waals surface area contributed by atoms with Crippen molar-refractivity contribution >= 4 is 41.6 Å². The van der Waals surface area contributed by atoms with Crippen LogP contribution in [0, 0.1) is 35.5 Å². The van der Waals surface area contributed by atoms with E-state index < -0.39 is 94.4 Å². The number of piperidine rings is 1. The lowest BCUT2D eigenvalue weighted by atomic mass is 9.77. The number of ether oxygens (including phenoxy) is 5. The molecule has 0 saturated carbocycles. The Morgan fingerprint density at radius 1 is 1.03 bits per heavy atom. The van der Waals surface area contributed by atoms with Crippen LogP contribution >= 0.6 is 0 Å². The molecule has 17 heteroatoms. The Balaban J connectivity index is 1.61. The Morgan fingerprint density at radius 3 is 2.17 bits per heavy atom. The zero-order valence-corrected chi connectivity index (χ0v) is 43.5. The van der Waals surface area contributed by atoms with Gasteiger partial charge in [-0.1, -0.05) is 73.3 Å². The molecule has 1 unspecified atom stereocenters. The summed E-state index contributed by atoms with van der Waals surface area (Å²) in [6.07, 6.45) is 6.90. The third kappa shape index (κ3) is 14.0. The van der Waals surface area contributed by atoms with Gasteiger partial charge in [0.2, 0.25) is 5.79 Å². The minimum atomic E-state index is -1.85. The summed E-state index contributed by atoms with van der Waals surface area (Å²) >= 11 is 0. The number of methoxy groups -OCH3 is 1. The van der Waals surface area contributed by atoms with Crippen molar-refractivity contribution in [3.63, 3.8) is 0 Å². The zero-order valence-electron chi connectivity index (χ0n) is 43.5. The van der Waals surface area contributed by atoms with Gasteiger partial charge in [-0.25, -0.2) is 0 Å². The Bertz CT molecular complexity index is 2230. The number of likely N-dealkylation sites (tertiary alicyclic amines) is 1. The number of aromatic hydroxyl groups is 1. The molecular weight excluding hydrogens is 889 g/mol. The number of amides is 1. The molecule has 0 aliphatic carbocycles. The molecule has 2 saturated heterocycles. The maximum atomic E-state index is 14.0. The van der Waals surface area contributed by atoms with Crippen LogP contribution in [0.25, 0.3) is 6.58 Å². The Morgan fingerprint density at radius 2 is 1.64 bits per heavy atom. The van der Waals surface area contributed by atoms with Gasteiger partial charge in [-0.3, -0.25) is 24.2 Å². The number of carbonyl (C=O) groups excluding carboxylic acids is 3. The largest absolute Gasteiger partial charge is 0.505 e. The number of phenols is 1. The number of hydrogen-bond donors (Lipinski definition) is 6. The van der Waals surface area contributed by atoms with E-state index in [1.54, 1.807) is 45.9 Å². The number of carbonyl (C=O) groups is 4. The monoisotopic (exact) mass is 969 g/mol. The number of nitrogens with zero attached hydrogens (tertiary/aromatic N) is 2. The fraction of sp³-hybridized carbons (Fsp3) is 0.673. The number of carboxylic acid groups (broad SMARTS) is 1. The lowest BCUT2D eigenvalue weighted by molar-refractivity contribution is -0.336. The third-order valence-corrected chi connectivity index (χ3v) is 13.3. The van der Waals surface area contributed by atoms with Crippen LogP contribution in [0.1, 0.15) is 127 Å². The van der Waals surface area contributed by atoms with Crippen LogP contribution in [-0.4, -0.2) is 123 Å². The van der Waals surface area contributed by atoms with Gasteiger partial charge in [0, 0.05) is 87.9 Å². The first-order valence-electron chi connectivity index (χ1n) is 24.2. The molecule has 4 rings (SSSR count). The second-order valence-electron chi connectivity index (χ2n) is 21.1. The second kappa shape index (κ2) is 22.6. The minimum Gasteiger partial charge on any atom is -0.505 e. The first kappa shape index (κ1) is 56.9.